The molecule has 18 heavy (non-hydrogen) atoms. The first-order chi connectivity index (χ1) is 8.60. The minimum absolute atomic E-state index is 0.0329. The predicted molar refractivity (Wildman–Crippen MR) is 69.8 cm³/mol. The van der Waals surface area contributed by atoms with Crippen molar-refractivity contribution in [3.8, 4) is 0 Å². The minimum atomic E-state index is -0.507. The number of methoxy groups -OCH3 is 1. The molecular weight excluding hydrogens is 306 g/mol. The Kier molecular flexibility index (Phi) is 5.96. The molecule has 0 radical (unpaired) electrons. The van der Waals surface area contributed by atoms with Gasteiger partial charge in [0.1, 0.15) is 12.0 Å². The molecule has 1 rings (SSSR count). The van der Waals surface area contributed by atoms with Gasteiger partial charge in [-0.1, -0.05) is 0 Å². The highest BCUT2D eigenvalue weighted by Crippen LogP contribution is 2.27. The molecule has 1 aromatic rings. The van der Waals surface area contributed by atoms with Gasteiger partial charge in [0.2, 0.25) is 0 Å². The van der Waals surface area contributed by atoms with E-state index >= 15 is 0 Å². The number of aliphatic hydroxyl groups excluding tert-OH is 1. The molecule has 1 heterocycles. The van der Waals surface area contributed by atoms with E-state index in [4.69, 9.17) is 9.84 Å². The normalized spacial score (nSPS) is 10.4. The average Bonchev–Trinajstić information content (AvgIpc) is 2.34. The third kappa shape index (κ3) is 3.90. The first-order valence-corrected chi connectivity index (χ1v) is 6.04. The summed E-state index contributed by atoms with van der Waals surface area (Å²) in [7, 11) is 1.58. The number of ether oxygens (including phenoxy) is 1. The Morgan fingerprint density at radius 1 is 1.61 bits per heavy atom. The molecule has 0 saturated carbocycles. The zero-order valence-electron chi connectivity index (χ0n) is 9.87. The molecule has 0 bridgehead atoms. The molecule has 0 fully saturated rings. The van der Waals surface area contributed by atoms with Crippen LogP contribution < -0.4 is 4.90 Å². The van der Waals surface area contributed by atoms with Crippen molar-refractivity contribution in [2.45, 2.75) is 0 Å². The Morgan fingerprint density at radius 3 is 2.83 bits per heavy atom. The zero-order chi connectivity index (χ0) is 13.5. The predicted octanol–water partition coefficient (Wildman–Crippen LogP) is 1.20. The third-order valence-electron chi connectivity index (χ3n) is 2.25. The highest BCUT2D eigenvalue weighted by atomic mass is 79.9. The third-order valence-corrected chi connectivity index (χ3v) is 2.84. The van der Waals surface area contributed by atoms with E-state index in [0.717, 1.165) is 0 Å². The molecule has 0 amide bonds. The summed E-state index contributed by atoms with van der Waals surface area (Å²) < 4.78 is 5.48. The Morgan fingerprint density at radius 2 is 2.33 bits per heavy atom. The molecule has 0 aliphatic carbocycles. The number of hydrogen-bond donors (Lipinski definition) is 1. The fourth-order valence-corrected chi connectivity index (χ4v) is 1.99. The van der Waals surface area contributed by atoms with Gasteiger partial charge in [0.05, 0.1) is 22.6 Å². The first kappa shape index (κ1) is 14.8. The lowest BCUT2D eigenvalue weighted by Gasteiger charge is -2.23. The van der Waals surface area contributed by atoms with Crippen molar-refractivity contribution < 1.29 is 14.8 Å². The second-order valence-corrected chi connectivity index (χ2v) is 4.31. The number of anilines is 1. The van der Waals surface area contributed by atoms with E-state index in [1.807, 2.05) is 0 Å². The molecule has 7 nitrogen and oxygen atoms in total. The fraction of sp³-hybridized carbons (Fsp3) is 0.500. The van der Waals surface area contributed by atoms with Crippen LogP contribution in [-0.2, 0) is 4.74 Å². The summed E-state index contributed by atoms with van der Waals surface area (Å²) in [6, 6.07) is 1.39. The molecule has 8 heteroatoms. The van der Waals surface area contributed by atoms with Crippen molar-refractivity contribution in [3.05, 3.63) is 26.9 Å². The minimum Gasteiger partial charge on any atom is -0.395 e. The Bertz CT molecular complexity index is 416. The molecular formula is C10H14BrN3O4. The van der Waals surface area contributed by atoms with Gasteiger partial charge >= 0.3 is 0 Å². The second-order valence-electron chi connectivity index (χ2n) is 3.46. The number of rotatable bonds is 7. The van der Waals surface area contributed by atoms with Crippen molar-refractivity contribution in [2.24, 2.45) is 0 Å². The number of hydrogen-bond acceptors (Lipinski definition) is 6. The van der Waals surface area contributed by atoms with Gasteiger partial charge in [0.15, 0.2) is 0 Å². The van der Waals surface area contributed by atoms with E-state index in [-0.39, 0.29) is 12.3 Å². The van der Waals surface area contributed by atoms with Crippen molar-refractivity contribution in [2.75, 3.05) is 38.3 Å². The lowest BCUT2D eigenvalue weighted by atomic mass is 10.3. The number of aromatic nitrogens is 1. The van der Waals surface area contributed by atoms with Gasteiger partial charge in [0.25, 0.3) is 5.69 Å². The Labute approximate surface area is 113 Å². The summed E-state index contributed by atoms with van der Waals surface area (Å²) in [5, 5.41) is 19.6. The summed E-state index contributed by atoms with van der Waals surface area (Å²) >= 11 is 3.25. The lowest BCUT2D eigenvalue weighted by molar-refractivity contribution is -0.385. The summed E-state index contributed by atoms with van der Waals surface area (Å²) in [5.41, 5.74) is -0.0821. The van der Waals surface area contributed by atoms with Crippen molar-refractivity contribution >= 4 is 27.4 Å². The van der Waals surface area contributed by atoms with Gasteiger partial charge in [-0.3, -0.25) is 10.1 Å². The van der Waals surface area contributed by atoms with Crippen LogP contribution in [0, 0.1) is 10.1 Å². The maximum Gasteiger partial charge on any atom is 0.288 e. The number of nitro groups is 1. The topological polar surface area (TPSA) is 88.7 Å². The molecule has 0 aromatic carbocycles. The molecule has 0 unspecified atom stereocenters. The standard InChI is InChI=1S/C10H14BrN3O4/c1-18-5-3-13(2-4-15)10-9(11)6-8(7-12-10)14(16)17/h6-7,15H,2-5H2,1H3. The molecule has 100 valence electrons. The van der Waals surface area contributed by atoms with E-state index in [2.05, 4.69) is 20.9 Å². The van der Waals surface area contributed by atoms with Crippen LogP contribution in [-0.4, -0.2) is 48.4 Å². The van der Waals surface area contributed by atoms with Crippen LogP contribution in [0.1, 0.15) is 0 Å². The van der Waals surface area contributed by atoms with Gasteiger partial charge in [-0.2, -0.15) is 0 Å². The smallest absolute Gasteiger partial charge is 0.288 e. The number of aliphatic hydroxyl groups is 1. The Balaban J connectivity index is 2.93. The number of pyridine rings is 1. The molecule has 0 aliphatic rings. The van der Waals surface area contributed by atoms with Crippen molar-refractivity contribution in [1.29, 1.82) is 0 Å². The number of nitrogens with zero attached hydrogens (tertiary/aromatic N) is 3. The number of halogens is 1. The summed E-state index contributed by atoms with van der Waals surface area (Å²) in [6.45, 7) is 1.37. The van der Waals surface area contributed by atoms with Gasteiger partial charge < -0.3 is 14.7 Å². The highest BCUT2D eigenvalue weighted by molar-refractivity contribution is 9.10. The quantitative estimate of drug-likeness (QED) is 0.600. The Hall–Kier alpha value is -1.25. The van der Waals surface area contributed by atoms with Crippen LogP contribution >= 0.6 is 15.9 Å². The van der Waals surface area contributed by atoms with Crippen LogP contribution in [0.15, 0.2) is 16.7 Å². The van der Waals surface area contributed by atoms with Crippen LogP contribution in [0.25, 0.3) is 0 Å². The summed E-state index contributed by atoms with van der Waals surface area (Å²) in [6.07, 6.45) is 1.19. The highest BCUT2D eigenvalue weighted by Gasteiger charge is 2.15. The van der Waals surface area contributed by atoms with Gasteiger partial charge in [0, 0.05) is 26.3 Å². The first-order valence-electron chi connectivity index (χ1n) is 5.24. The second kappa shape index (κ2) is 7.24. The van der Waals surface area contributed by atoms with E-state index < -0.39 is 4.92 Å². The molecule has 1 N–H and O–H groups in total. The summed E-state index contributed by atoms with van der Waals surface area (Å²) in [5.74, 6) is 0.548. The molecule has 0 aliphatic heterocycles. The average molecular weight is 320 g/mol. The van der Waals surface area contributed by atoms with Crippen LogP contribution in [0.2, 0.25) is 0 Å². The fourth-order valence-electron chi connectivity index (χ4n) is 1.40. The molecule has 0 saturated heterocycles. The van der Waals surface area contributed by atoms with E-state index in [1.165, 1.54) is 12.3 Å². The van der Waals surface area contributed by atoms with E-state index in [0.29, 0.717) is 30.0 Å². The van der Waals surface area contributed by atoms with Gasteiger partial charge in [-0.15, -0.1) is 0 Å². The van der Waals surface area contributed by atoms with E-state index in [9.17, 15) is 10.1 Å². The largest absolute Gasteiger partial charge is 0.395 e. The zero-order valence-corrected chi connectivity index (χ0v) is 11.5. The summed E-state index contributed by atoms with van der Waals surface area (Å²) in [4.78, 5) is 15.9. The maximum atomic E-state index is 10.6. The van der Waals surface area contributed by atoms with Gasteiger partial charge in [-0.05, 0) is 15.9 Å². The van der Waals surface area contributed by atoms with Gasteiger partial charge in [-0.25, -0.2) is 4.98 Å². The molecule has 0 atom stereocenters. The van der Waals surface area contributed by atoms with Crippen molar-refractivity contribution in [3.63, 3.8) is 0 Å². The molecule has 0 spiro atoms. The van der Waals surface area contributed by atoms with Crippen LogP contribution in [0.4, 0.5) is 11.5 Å². The van der Waals surface area contributed by atoms with Crippen LogP contribution in [0.5, 0.6) is 0 Å². The van der Waals surface area contributed by atoms with Crippen LogP contribution in [0.3, 0.4) is 0 Å². The molecule has 1 aromatic heterocycles. The van der Waals surface area contributed by atoms with E-state index in [1.54, 1.807) is 12.0 Å². The maximum absolute atomic E-state index is 10.6. The SMILES string of the molecule is COCCN(CCO)c1ncc([N+](=O)[O-])cc1Br. The monoisotopic (exact) mass is 319 g/mol. The van der Waals surface area contributed by atoms with Crippen molar-refractivity contribution in [1.82, 2.24) is 4.98 Å². The lowest BCUT2D eigenvalue weighted by Crippen LogP contribution is -2.31.